The zero-order valence-corrected chi connectivity index (χ0v) is 11.0. The smallest absolute Gasteiger partial charge is 0.167 e. The molecule has 0 heterocycles. The highest BCUT2D eigenvalue weighted by molar-refractivity contribution is 9.10. The van der Waals surface area contributed by atoms with E-state index in [1.54, 1.807) is 12.1 Å². The lowest BCUT2D eigenvalue weighted by Crippen LogP contribution is -2.08. The van der Waals surface area contributed by atoms with E-state index in [2.05, 4.69) is 15.9 Å². The van der Waals surface area contributed by atoms with E-state index in [0.717, 1.165) is 10.0 Å². The highest BCUT2D eigenvalue weighted by Gasteiger charge is 2.15. The molecule has 1 aromatic rings. The van der Waals surface area contributed by atoms with Gasteiger partial charge in [-0.1, -0.05) is 29.8 Å². The first-order chi connectivity index (χ1) is 7.47. The number of carbonyl (C=O) groups is 1. The molecule has 0 aliphatic rings. The third kappa shape index (κ3) is 2.83. The molecule has 0 aliphatic heterocycles. The average Bonchev–Trinajstić information content (AvgIpc) is 2.20. The van der Waals surface area contributed by atoms with E-state index in [4.69, 9.17) is 5.73 Å². The SMILES string of the molecule is CC(C)c1cc(O)c(C(=O)CCN)cc1Br. The van der Waals surface area contributed by atoms with Gasteiger partial charge in [0.15, 0.2) is 5.78 Å². The monoisotopic (exact) mass is 285 g/mol. The summed E-state index contributed by atoms with van der Waals surface area (Å²) in [6.07, 6.45) is 0.251. The van der Waals surface area contributed by atoms with Gasteiger partial charge in [-0.2, -0.15) is 0 Å². The number of ketones is 1. The summed E-state index contributed by atoms with van der Waals surface area (Å²) in [6.45, 7) is 4.35. The molecule has 1 rings (SSSR count). The fourth-order valence-corrected chi connectivity index (χ4v) is 2.31. The van der Waals surface area contributed by atoms with Crippen LogP contribution in [0, 0.1) is 0 Å². The zero-order chi connectivity index (χ0) is 12.3. The molecule has 0 fully saturated rings. The molecule has 0 radical (unpaired) electrons. The maximum Gasteiger partial charge on any atom is 0.167 e. The van der Waals surface area contributed by atoms with Gasteiger partial charge in [0.05, 0.1) is 5.56 Å². The first-order valence-corrected chi connectivity index (χ1v) is 6.02. The summed E-state index contributed by atoms with van der Waals surface area (Å²) in [5, 5.41) is 9.78. The van der Waals surface area contributed by atoms with E-state index in [1.165, 1.54) is 0 Å². The molecule has 3 N–H and O–H groups in total. The van der Waals surface area contributed by atoms with Gasteiger partial charge in [-0.05, 0) is 30.2 Å². The standard InChI is InChI=1S/C12H16BrNO2/c1-7(2)8-6-12(16)9(5-10(8)13)11(15)3-4-14/h5-7,16H,3-4,14H2,1-2H3. The number of nitrogens with two attached hydrogens (primary N) is 1. The Labute approximate surface area is 104 Å². The molecule has 0 aromatic heterocycles. The van der Waals surface area contributed by atoms with Crippen LogP contribution in [0.4, 0.5) is 0 Å². The topological polar surface area (TPSA) is 63.3 Å². The lowest BCUT2D eigenvalue weighted by molar-refractivity contribution is 0.0983. The van der Waals surface area contributed by atoms with Crippen LogP contribution in [0.1, 0.15) is 42.1 Å². The molecule has 16 heavy (non-hydrogen) atoms. The Morgan fingerprint density at radius 2 is 2.12 bits per heavy atom. The minimum atomic E-state index is -0.129. The molecule has 88 valence electrons. The van der Waals surface area contributed by atoms with E-state index in [0.29, 0.717) is 18.0 Å². The van der Waals surface area contributed by atoms with Gasteiger partial charge in [-0.15, -0.1) is 0 Å². The fourth-order valence-electron chi connectivity index (χ4n) is 1.51. The zero-order valence-electron chi connectivity index (χ0n) is 9.46. The van der Waals surface area contributed by atoms with E-state index in [-0.39, 0.29) is 18.0 Å². The van der Waals surface area contributed by atoms with Crippen LogP contribution < -0.4 is 5.73 Å². The van der Waals surface area contributed by atoms with E-state index >= 15 is 0 Å². The Hall–Kier alpha value is -0.870. The molecule has 0 saturated carbocycles. The summed E-state index contributed by atoms with van der Waals surface area (Å²) in [4.78, 5) is 11.6. The summed E-state index contributed by atoms with van der Waals surface area (Å²) < 4.78 is 0.848. The van der Waals surface area contributed by atoms with Crippen molar-refractivity contribution in [3.8, 4) is 5.75 Å². The van der Waals surface area contributed by atoms with Crippen LogP contribution in [0.2, 0.25) is 0 Å². The number of benzene rings is 1. The summed E-state index contributed by atoms with van der Waals surface area (Å²) in [5.74, 6) is 0.195. The third-order valence-corrected chi connectivity index (χ3v) is 3.10. The summed E-state index contributed by atoms with van der Waals surface area (Å²) in [6, 6.07) is 3.31. The molecule has 0 bridgehead atoms. The van der Waals surface area contributed by atoms with E-state index in [1.807, 2.05) is 13.8 Å². The molecular weight excluding hydrogens is 270 g/mol. The van der Waals surface area contributed by atoms with Gasteiger partial charge in [0.2, 0.25) is 0 Å². The molecule has 1 aromatic carbocycles. The number of halogens is 1. The van der Waals surface area contributed by atoms with Crippen LogP contribution in [0.25, 0.3) is 0 Å². The first-order valence-electron chi connectivity index (χ1n) is 5.23. The number of Topliss-reactive ketones (excluding diaryl/α,β-unsaturated/α-hetero) is 1. The molecule has 0 aliphatic carbocycles. The van der Waals surface area contributed by atoms with Crippen LogP contribution in [0.5, 0.6) is 5.75 Å². The molecule has 0 unspecified atom stereocenters. The Balaban J connectivity index is 3.15. The van der Waals surface area contributed by atoms with E-state index in [9.17, 15) is 9.90 Å². The van der Waals surface area contributed by atoms with Gasteiger partial charge < -0.3 is 10.8 Å². The number of phenols is 1. The highest BCUT2D eigenvalue weighted by atomic mass is 79.9. The van der Waals surface area contributed by atoms with Crippen molar-refractivity contribution in [2.24, 2.45) is 5.73 Å². The van der Waals surface area contributed by atoms with Crippen molar-refractivity contribution in [2.45, 2.75) is 26.2 Å². The fraction of sp³-hybridized carbons (Fsp3) is 0.417. The molecule has 0 saturated heterocycles. The van der Waals surface area contributed by atoms with E-state index < -0.39 is 0 Å². The Morgan fingerprint density at radius 3 is 2.62 bits per heavy atom. The lowest BCUT2D eigenvalue weighted by atomic mass is 9.98. The van der Waals surface area contributed by atoms with Crippen LogP contribution >= 0.6 is 15.9 Å². The summed E-state index contributed by atoms with van der Waals surface area (Å²) >= 11 is 3.41. The predicted molar refractivity (Wildman–Crippen MR) is 67.9 cm³/mol. The lowest BCUT2D eigenvalue weighted by Gasteiger charge is -2.11. The minimum Gasteiger partial charge on any atom is -0.507 e. The van der Waals surface area contributed by atoms with Crippen molar-refractivity contribution in [2.75, 3.05) is 6.54 Å². The number of aromatic hydroxyl groups is 1. The van der Waals surface area contributed by atoms with Gasteiger partial charge in [0.1, 0.15) is 5.75 Å². The van der Waals surface area contributed by atoms with Gasteiger partial charge >= 0.3 is 0 Å². The normalized spacial score (nSPS) is 10.8. The highest BCUT2D eigenvalue weighted by Crippen LogP contribution is 2.31. The van der Waals surface area contributed by atoms with Crippen molar-refractivity contribution >= 4 is 21.7 Å². The number of hydrogen-bond donors (Lipinski definition) is 2. The van der Waals surface area contributed by atoms with Crippen molar-refractivity contribution in [1.82, 2.24) is 0 Å². The van der Waals surface area contributed by atoms with Crippen LogP contribution in [-0.4, -0.2) is 17.4 Å². The van der Waals surface area contributed by atoms with Crippen molar-refractivity contribution < 1.29 is 9.90 Å². The second-order valence-electron chi connectivity index (χ2n) is 4.01. The number of phenolic OH excluding ortho intramolecular Hbond substituents is 1. The predicted octanol–water partition coefficient (Wildman–Crippen LogP) is 2.81. The van der Waals surface area contributed by atoms with Crippen molar-refractivity contribution in [3.05, 3.63) is 27.7 Å². The second kappa shape index (κ2) is 5.46. The van der Waals surface area contributed by atoms with Gasteiger partial charge in [-0.3, -0.25) is 4.79 Å². The van der Waals surface area contributed by atoms with Crippen molar-refractivity contribution in [1.29, 1.82) is 0 Å². The molecule has 3 nitrogen and oxygen atoms in total. The van der Waals surface area contributed by atoms with Gasteiger partial charge in [0.25, 0.3) is 0 Å². The third-order valence-electron chi connectivity index (χ3n) is 2.41. The van der Waals surface area contributed by atoms with Crippen LogP contribution in [0.15, 0.2) is 16.6 Å². The summed E-state index contributed by atoms with van der Waals surface area (Å²) in [5.41, 5.74) is 6.64. The number of carbonyl (C=O) groups excluding carboxylic acids is 1. The van der Waals surface area contributed by atoms with Crippen LogP contribution in [-0.2, 0) is 0 Å². The number of rotatable bonds is 4. The summed E-state index contributed by atoms with van der Waals surface area (Å²) in [7, 11) is 0. The quantitative estimate of drug-likeness (QED) is 0.836. The Bertz CT molecular complexity index is 402. The largest absolute Gasteiger partial charge is 0.507 e. The molecule has 0 spiro atoms. The molecule has 0 amide bonds. The van der Waals surface area contributed by atoms with Gasteiger partial charge in [-0.25, -0.2) is 0 Å². The van der Waals surface area contributed by atoms with Crippen LogP contribution in [0.3, 0.4) is 0 Å². The van der Waals surface area contributed by atoms with Crippen molar-refractivity contribution in [3.63, 3.8) is 0 Å². The maximum atomic E-state index is 11.6. The molecular formula is C12H16BrNO2. The Kier molecular flexibility index (Phi) is 4.50. The molecule has 4 heteroatoms. The maximum absolute atomic E-state index is 11.6. The number of hydrogen-bond acceptors (Lipinski definition) is 3. The minimum absolute atomic E-state index is 0.0327. The van der Waals surface area contributed by atoms with Gasteiger partial charge in [0, 0.05) is 10.9 Å². The average molecular weight is 286 g/mol. The first kappa shape index (κ1) is 13.2. The second-order valence-corrected chi connectivity index (χ2v) is 4.86. The Morgan fingerprint density at radius 1 is 1.50 bits per heavy atom. The molecule has 0 atom stereocenters.